The summed E-state index contributed by atoms with van der Waals surface area (Å²) in [6.07, 6.45) is 2.97. The number of phenols is 1. The molecule has 0 fully saturated rings. The average molecular weight is 268 g/mol. The number of hydrogen-bond acceptors (Lipinski definition) is 3. The lowest BCUT2D eigenvalue weighted by Gasteiger charge is -2.06. The fourth-order valence-corrected chi connectivity index (χ4v) is 1.89. The Morgan fingerprint density at radius 3 is 2.71 bits per heavy atom. The van der Waals surface area contributed by atoms with Gasteiger partial charge in [0.05, 0.1) is 10.6 Å². The summed E-state index contributed by atoms with van der Waals surface area (Å²) in [5.41, 5.74) is 0.427. The van der Waals surface area contributed by atoms with Gasteiger partial charge in [0.2, 0.25) is 0 Å². The Morgan fingerprint density at radius 1 is 1.29 bits per heavy atom. The molecular weight excluding hydrogens is 261 g/mol. The first-order chi connectivity index (χ1) is 8.09. The van der Waals surface area contributed by atoms with Crippen LogP contribution in [-0.4, -0.2) is 15.9 Å². The fourth-order valence-electron chi connectivity index (χ4n) is 1.39. The van der Waals surface area contributed by atoms with Gasteiger partial charge in [-0.1, -0.05) is 23.2 Å². The number of phenolic OH excluding ortho intramolecular Hbond substituents is 1. The molecule has 86 valence electrons. The molecule has 0 aliphatic rings. The van der Waals surface area contributed by atoms with Crippen molar-refractivity contribution in [3.05, 3.63) is 57.8 Å². The van der Waals surface area contributed by atoms with Gasteiger partial charge in [-0.15, -0.1) is 0 Å². The molecule has 1 aromatic heterocycles. The SMILES string of the molecule is O=C(c1cccnc1)c1cc(Cl)cc(Cl)c1O. The highest BCUT2D eigenvalue weighted by atomic mass is 35.5. The van der Waals surface area contributed by atoms with E-state index in [1.54, 1.807) is 18.3 Å². The van der Waals surface area contributed by atoms with Crippen molar-refractivity contribution in [1.82, 2.24) is 4.98 Å². The third-order valence-electron chi connectivity index (χ3n) is 2.20. The molecule has 0 bridgehead atoms. The van der Waals surface area contributed by atoms with Crippen LogP contribution in [0.15, 0.2) is 36.7 Å². The van der Waals surface area contributed by atoms with Crippen molar-refractivity contribution in [2.45, 2.75) is 0 Å². The monoisotopic (exact) mass is 267 g/mol. The van der Waals surface area contributed by atoms with E-state index in [4.69, 9.17) is 23.2 Å². The van der Waals surface area contributed by atoms with Crippen LogP contribution in [0.4, 0.5) is 0 Å². The molecule has 5 heteroatoms. The minimum Gasteiger partial charge on any atom is -0.506 e. The number of halogens is 2. The van der Waals surface area contributed by atoms with Crippen molar-refractivity contribution in [3.8, 4) is 5.75 Å². The van der Waals surface area contributed by atoms with Crippen molar-refractivity contribution in [2.75, 3.05) is 0 Å². The van der Waals surface area contributed by atoms with E-state index in [2.05, 4.69) is 4.98 Å². The predicted octanol–water partition coefficient (Wildman–Crippen LogP) is 3.33. The second kappa shape index (κ2) is 4.73. The van der Waals surface area contributed by atoms with E-state index in [0.29, 0.717) is 10.6 Å². The highest BCUT2D eigenvalue weighted by Crippen LogP contribution is 2.32. The summed E-state index contributed by atoms with van der Waals surface area (Å²) in [4.78, 5) is 15.9. The molecule has 1 aromatic carbocycles. The lowest BCUT2D eigenvalue weighted by molar-refractivity contribution is 0.103. The Bertz CT molecular complexity index is 570. The summed E-state index contributed by atoms with van der Waals surface area (Å²) in [6.45, 7) is 0. The van der Waals surface area contributed by atoms with Gasteiger partial charge in [-0.25, -0.2) is 0 Å². The van der Waals surface area contributed by atoms with Gasteiger partial charge >= 0.3 is 0 Å². The number of pyridine rings is 1. The third kappa shape index (κ3) is 2.40. The van der Waals surface area contributed by atoms with E-state index in [1.165, 1.54) is 18.3 Å². The molecule has 0 aliphatic heterocycles. The molecule has 0 radical (unpaired) electrons. The maximum absolute atomic E-state index is 12.1. The summed E-state index contributed by atoms with van der Waals surface area (Å²) < 4.78 is 0. The quantitative estimate of drug-likeness (QED) is 0.850. The Labute approximate surface area is 108 Å². The van der Waals surface area contributed by atoms with E-state index in [0.717, 1.165) is 0 Å². The maximum Gasteiger partial charge on any atom is 0.198 e. The molecular formula is C12H7Cl2NO2. The van der Waals surface area contributed by atoms with Gasteiger partial charge in [0.1, 0.15) is 5.75 Å². The number of rotatable bonds is 2. The minimum absolute atomic E-state index is 0.0461. The van der Waals surface area contributed by atoms with Gasteiger partial charge in [0, 0.05) is 23.0 Å². The number of ketones is 1. The molecule has 0 saturated carbocycles. The van der Waals surface area contributed by atoms with Gasteiger partial charge in [-0.3, -0.25) is 9.78 Å². The van der Waals surface area contributed by atoms with Crippen molar-refractivity contribution in [1.29, 1.82) is 0 Å². The average Bonchev–Trinajstić information content (AvgIpc) is 2.34. The summed E-state index contributed by atoms with van der Waals surface area (Å²) in [7, 11) is 0. The molecule has 0 amide bonds. The molecule has 0 aliphatic carbocycles. The van der Waals surface area contributed by atoms with Gasteiger partial charge in [-0.05, 0) is 24.3 Å². The Hall–Kier alpha value is -1.58. The molecule has 0 spiro atoms. The van der Waals surface area contributed by atoms with Crippen LogP contribution in [0.1, 0.15) is 15.9 Å². The molecule has 2 rings (SSSR count). The normalized spacial score (nSPS) is 10.2. The van der Waals surface area contributed by atoms with Gasteiger partial charge < -0.3 is 5.11 Å². The van der Waals surface area contributed by atoms with E-state index < -0.39 is 0 Å². The minimum atomic E-state index is -0.375. The second-order valence-electron chi connectivity index (χ2n) is 3.35. The highest BCUT2D eigenvalue weighted by Gasteiger charge is 2.16. The Kier molecular flexibility index (Phi) is 3.31. The highest BCUT2D eigenvalue weighted by molar-refractivity contribution is 6.36. The summed E-state index contributed by atoms with van der Waals surface area (Å²) >= 11 is 11.5. The van der Waals surface area contributed by atoms with Crippen LogP contribution in [0, 0.1) is 0 Å². The molecule has 1 N–H and O–H groups in total. The second-order valence-corrected chi connectivity index (χ2v) is 4.20. The van der Waals surface area contributed by atoms with Crippen LogP contribution in [0.5, 0.6) is 5.75 Å². The van der Waals surface area contributed by atoms with E-state index >= 15 is 0 Å². The number of carbonyl (C=O) groups excluding carboxylic acids is 1. The van der Waals surface area contributed by atoms with Gasteiger partial charge in [-0.2, -0.15) is 0 Å². The van der Waals surface area contributed by atoms with Crippen LogP contribution in [-0.2, 0) is 0 Å². The van der Waals surface area contributed by atoms with E-state index in [-0.39, 0.29) is 22.1 Å². The van der Waals surface area contributed by atoms with E-state index in [1.807, 2.05) is 0 Å². The lowest BCUT2D eigenvalue weighted by atomic mass is 10.0. The van der Waals surface area contributed by atoms with Crippen LogP contribution in [0.3, 0.4) is 0 Å². The Balaban J connectivity index is 2.52. The first kappa shape index (κ1) is 11.9. The molecule has 17 heavy (non-hydrogen) atoms. The van der Waals surface area contributed by atoms with Crippen LogP contribution in [0.25, 0.3) is 0 Å². The third-order valence-corrected chi connectivity index (χ3v) is 2.70. The van der Waals surface area contributed by atoms with Crippen LogP contribution in [0.2, 0.25) is 10.0 Å². The van der Waals surface area contributed by atoms with Gasteiger partial charge in [0.25, 0.3) is 0 Å². The molecule has 0 atom stereocenters. The molecule has 0 saturated heterocycles. The summed E-state index contributed by atoms with van der Waals surface area (Å²) in [6, 6.07) is 5.98. The maximum atomic E-state index is 12.1. The number of aromatic nitrogens is 1. The first-order valence-corrected chi connectivity index (χ1v) is 5.48. The smallest absolute Gasteiger partial charge is 0.198 e. The van der Waals surface area contributed by atoms with Crippen molar-refractivity contribution in [2.24, 2.45) is 0 Å². The standard InChI is InChI=1S/C12H7Cl2NO2/c13-8-4-9(12(17)10(14)5-8)11(16)7-2-1-3-15-6-7/h1-6,17H. The molecule has 3 nitrogen and oxygen atoms in total. The largest absolute Gasteiger partial charge is 0.506 e. The number of carbonyl (C=O) groups is 1. The number of benzene rings is 1. The van der Waals surface area contributed by atoms with Crippen molar-refractivity contribution >= 4 is 29.0 Å². The van der Waals surface area contributed by atoms with Crippen LogP contribution < -0.4 is 0 Å². The summed E-state index contributed by atoms with van der Waals surface area (Å²) in [5, 5.41) is 10.1. The summed E-state index contributed by atoms with van der Waals surface area (Å²) in [5.74, 6) is -0.648. The van der Waals surface area contributed by atoms with Gasteiger partial charge in [0.15, 0.2) is 5.78 Å². The number of nitrogens with zero attached hydrogens (tertiary/aromatic N) is 1. The topological polar surface area (TPSA) is 50.2 Å². The number of hydrogen-bond donors (Lipinski definition) is 1. The van der Waals surface area contributed by atoms with Crippen LogP contribution >= 0.6 is 23.2 Å². The fraction of sp³-hybridized carbons (Fsp3) is 0. The zero-order valence-electron chi connectivity index (χ0n) is 8.52. The molecule has 0 unspecified atom stereocenters. The van der Waals surface area contributed by atoms with Crippen molar-refractivity contribution in [3.63, 3.8) is 0 Å². The zero-order chi connectivity index (χ0) is 12.4. The Morgan fingerprint density at radius 2 is 2.06 bits per heavy atom. The molecule has 1 heterocycles. The number of aromatic hydroxyl groups is 1. The zero-order valence-corrected chi connectivity index (χ0v) is 10.0. The van der Waals surface area contributed by atoms with E-state index in [9.17, 15) is 9.90 Å². The van der Waals surface area contributed by atoms with Crippen molar-refractivity contribution < 1.29 is 9.90 Å². The first-order valence-electron chi connectivity index (χ1n) is 4.72. The lowest BCUT2D eigenvalue weighted by Crippen LogP contribution is -2.02. The molecule has 2 aromatic rings. The predicted molar refractivity (Wildman–Crippen MR) is 65.8 cm³/mol.